The number of carboxylic acids is 1. The van der Waals surface area contributed by atoms with Crippen LogP contribution in [0, 0.1) is 13.8 Å². The Morgan fingerprint density at radius 2 is 1.83 bits per heavy atom. The number of carbonyl (C=O) groups is 2. The van der Waals surface area contributed by atoms with Gasteiger partial charge in [0.05, 0.1) is 22.5 Å². The molecule has 1 aliphatic rings. The second-order valence-corrected chi connectivity index (χ2v) is 7.22. The molecule has 0 saturated heterocycles. The molecule has 1 amide bonds. The van der Waals surface area contributed by atoms with E-state index in [9.17, 15) is 9.59 Å². The molecule has 1 aromatic heterocycles. The van der Waals surface area contributed by atoms with Crippen molar-refractivity contribution in [3.8, 4) is 11.3 Å². The molecule has 1 N–H and O–H groups in total. The molecule has 1 aliphatic heterocycles. The normalized spacial score (nSPS) is 15.0. The topological polar surface area (TPSA) is 83.1 Å². The van der Waals surface area contributed by atoms with Gasteiger partial charge in [0, 0.05) is 5.56 Å². The number of hydrogen-bond donors (Lipinski definition) is 1. The number of anilines is 1. The number of amides is 1. The van der Waals surface area contributed by atoms with E-state index < -0.39 is 5.97 Å². The van der Waals surface area contributed by atoms with Crippen LogP contribution in [0.1, 0.15) is 34.2 Å². The van der Waals surface area contributed by atoms with Crippen LogP contribution in [0.25, 0.3) is 17.4 Å². The molecule has 0 bridgehead atoms. The maximum Gasteiger partial charge on any atom is 0.335 e. The maximum absolute atomic E-state index is 12.9. The van der Waals surface area contributed by atoms with Gasteiger partial charge in [-0.15, -0.1) is 0 Å². The van der Waals surface area contributed by atoms with E-state index in [4.69, 9.17) is 9.52 Å². The number of aryl methyl sites for hydroxylation is 2. The molecular weight excluding hydrogens is 380 g/mol. The van der Waals surface area contributed by atoms with Gasteiger partial charge in [-0.25, -0.2) is 4.79 Å². The standard InChI is InChI=1S/C24H20N2O4/c1-14-7-8-19(11-15(14)2)26-23(27)21(16(3)25-26)13-20-9-10-22(30-20)17-5-4-6-18(12-17)24(28)29/h4-13H,1-3H3,(H,28,29)/b21-13+. The highest BCUT2D eigenvalue weighted by Crippen LogP contribution is 2.28. The summed E-state index contributed by atoms with van der Waals surface area (Å²) >= 11 is 0. The van der Waals surface area contributed by atoms with Crippen molar-refractivity contribution >= 4 is 29.4 Å². The van der Waals surface area contributed by atoms with Gasteiger partial charge in [0.15, 0.2) is 0 Å². The first-order valence-electron chi connectivity index (χ1n) is 9.46. The molecule has 30 heavy (non-hydrogen) atoms. The van der Waals surface area contributed by atoms with Crippen LogP contribution in [0.15, 0.2) is 69.7 Å². The number of hydrogen-bond acceptors (Lipinski definition) is 4. The van der Waals surface area contributed by atoms with Gasteiger partial charge in [0.25, 0.3) is 5.91 Å². The molecule has 0 fully saturated rings. The molecule has 0 radical (unpaired) electrons. The van der Waals surface area contributed by atoms with E-state index in [1.807, 2.05) is 32.0 Å². The van der Waals surface area contributed by atoms with Gasteiger partial charge < -0.3 is 9.52 Å². The van der Waals surface area contributed by atoms with Crippen molar-refractivity contribution in [2.24, 2.45) is 5.10 Å². The minimum atomic E-state index is -0.999. The fourth-order valence-electron chi connectivity index (χ4n) is 3.25. The number of nitrogens with zero attached hydrogens (tertiary/aromatic N) is 2. The van der Waals surface area contributed by atoms with Crippen LogP contribution in [0.5, 0.6) is 0 Å². The van der Waals surface area contributed by atoms with Gasteiger partial charge in [-0.3, -0.25) is 4.79 Å². The second kappa shape index (κ2) is 7.48. The molecule has 6 heteroatoms. The van der Waals surface area contributed by atoms with Crippen LogP contribution in [-0.4, -0.2) is 22.7 Å². The van der Waals surface area contributed by atoms with Gasteiger partial charge in [-0.1, -0.05) is 18.2 Å². The Labute approximate surface area is 173 Å². The van der Waals surface area contributed by atoms with Crippen LogP contribution in [0.4, 0.5) is 5.69 Å². The lowest BCUT2D eigenvalue weighted by Crippen LogP contribution is -2.21. The Morgan fingerprint density at radius 1 is 1.03 bits per heavy atom. The number of aromatic carboxylic acids is 1. The van der Waals surface area contributed by atoms with Crippen molar-refractivity contribution in [1.82, 2.24) is 0 Å². The van der Waals surface area contributed by atoms with Crippen molar-refractivity contribution in [3.63, 3.8) is 0 Å². The van der Waals surface area contributed by atoms with Crippen molar-refractivity contribution in [3.05, 3.63) is 82.6 Å². The summed E-state index contributed by atoms with van der Waals surface area (Å²) in [5.74, 6) is -0.205. The monoisotopic (exact) mass is 400 g/mol. The van der Waals surface area contributed by atoms with E-state index >= 15 is 0 Å². The SMILES string of the molecule is CC1=NN(c2ccc(C)c(C)c2)C(=O)/C1=C/c1ccc(-c2cccc(C(=O)O)c2)o1. The van der Waals surface area contributed by atoms with Gasteiger partial charge in [-0.2, -0.15) is 10.1 Å². The average molecular weight is 400 g/mol. The number of hydrazone groups is 1. The molecule has 2 heterocycles. The molecule has 0 aliphatic carbocycles. The van der Waals surface area contributed by atoms with Gasteiger partial charge in [0.1, 0.15) is 11.5 Å². The Kier molecular flexibility index (Phi) is 4.83. The zero-order chi connectivity index (χ0) is 21.4. The fourth-order valence-corrected chi connectivity index (χ4v) is 3.25. The van der Waals surface area contributed by atoms with Crippen LogP contribution < -0.4 is 5.01 Å². The highest BCUT2D eigenvalue weighted by Gasteiger charge is 2.29. The fraction of sp³-hybridized carbons (Fsp3) is 0.125. The molecule has 0 atom stereocenters. The molecule has 0 spiro atoms. The number of furan rings is 1. The molecule has 6 nitrogen and oxygen atoms in total. The third-order valence-corrected chi connectivity index (χ3v) is 5.11. The van der Waals surface area contributed by atoms with E-state index in [1.54, 1.807) is 43.3 Å². The van der Waals surface area contributed by atoms with Crippen molar-refractivity contribution in [2.75, 3.05) is 5.01 Å². The maximum atomic E-state index is 12.9. The first-order valence-corrected chi connectivity index (χ1v) is 9.46. The predicted octanol–water partition coefficient (Wildman–Crippen LogP) is 5.07. The summed E-state index contributed by atoms with van der Waals surface area (Å²) < 4.78 is 5.84. The number of carboxylic acid groups (broad SMARTS) is 1. The average Bonchev–Trinajstić information content (AvgIpc) is 3.30. The van der Waals surface area contributed by atoms with E-state index in [-0.39, 0.29) is 11.5 Å². The third kappa shape index (κ3) is 3.55. The smallest absolute Gasteiger partial charge is 0.335 e. The Balaban J connectivity index is 1.62. The quantitative estimate of drug-likeness (QED) is 0.620. The van der Waals surface area contributed by atoms with Crippen molar-refractivity contribution in [1.29, 1.82) is 0 Å². The number of rotatable bonds is 4. The lowest BCUT2D eigenvalue weighted by Gasteiger charge is -2.13. The molecule has 0 saturated carbocycles. The Hall–Kier alpha value is -3.93. The van der Waals surface area contributed by atoms with E-state index in [1.165, 1.54) is 11.1 Å². The number of benzene rings is 2. The van der Waals surface area contributed by atoms with E-state index in [2.05, 4.69) is 5.10 Å². The minimum absolute atomic E-state index is 0.182. The summed E-state index contributed by atoms with van der Waals surface area (Å²) in [5, 5.41) is 15.0. The van der Waals surface area contributed by atoms with Crippen molar-refractivity contribution < 1.29 is 19.1 Å². The first-order chi connectivity index (χ1) is 14.3. The van der Waals surface area contributed by atoms with Crippen LogP contribution in [0.2, 0.25) is 0 Å². The molecule has 0 unspecified atom stereocenters. The van der Waals surface area contributed by atoms with E-state index in [0.717, 1.165) is 16.8 Å². The van der Waals surface area contributed by atoms with Crippen molar-refractivity contribution in [2.45, 2.75) is 20.8 Å². The zero-order valence-electron chi connectivity index (χ0n) is 16.8. The largest absolute Gasteiger partial charge is 0.478 e. The van der Waals surface area contributed by atoms with Crippen LogP contribution in [0.3, 0.4) is 0 Å². The molecule has 3 aromatic rings. The molecular formula is C24H20N2O4. The molecule has 150 valence electrons. The Bertz CT molecular complexity index is 1230. The summed E-state index contributed by atoms with van der Waals surface area (Å²) in [6.45, 7) is 5.80. The highest BCUT2D eigenvalue weighted by atomic mass is 16.4. The van der Waals surface area contributed by atoms with Crippen LogP contribution in [-0.2, 0) is 4.79 Å². The summed E-state index contributed by atoms with van der Waals surface area (Å²) in [6, 6.07) is 15.8. The summed E-state index contributed by atoms with van der Waals surface area (Å²) in [7, 11) is 0. The molecule has 4 rings (SSSR count). The summed E-state index contributed by atoms with van der Waals surface area (Å²) in [4.78, 5) is 24.1. The Morgan fingerprint density at radius 3 is 2.57 bits per heavy atom. The third-order valence-electron chi connectivity index (χ3n) is 5.11. The lowest BCUT2D eigenvalue weighted by molar-refractivity contribution is -0.114. The molecule has 2 aromatic carbocycles. The number of carbonyl (C=O) groups excluding carboxylic acids is 1. The van der Waals surface area contributed by atoms with Crippen LogP contribution >= 0.6 is 0 Å². The first kappa shape index (κ1) is 19.4. The summed E-state index contributed by atoms with van der Waals surface area (Å²) in [5.41, 5.74) is 4.84. The second-order valence-electron chi connectivity index (χ2n) is 7.22. The van der Waals surface area contributed by atoms with Gasteiger partial charge in [0.2, 0.25) is 0 Å². The van der Waals surface area contributed by atoms with Gasteiger partial charge >= 0.3 is 5.97 Å². The highest BCUT2D eigenvalue weighted by molar-refractivity contribution is 6.32. The van der Waals surface area contributed by atoms with E-state index in [0.29, 0.717) is 28.4 Å². The predicted molar refractivity (Wildman–Crippen MR) is 116 cm³/mol. The van der Waals surface area contributed by atoms with Gasteiger partial charge in [-0.05, 0) is 74.4 Å². The summed E-state index contributed by atoms with van der Waals surface area (Å²) in [6.07, 6.45) is 1.66. The minimum Gasteiger partial charge on any atom is -0.478 e. The zero-order valence-corrected chi connectivity index (χ0v) is 16.8. The lowest BCUT2D eigenvalue weighted by atomic mass is 10.1.